The van der Waals surface area contributed by atoms with Crippen molar-refractivity contribution in [1.82, 2.24) is 14.9 Å². The molecule has 1 fully saturated rings. The number of rotatable bonds is 9. The van der Waals surface area contributed by atoms with E-state index >= 15 is 0 Å². The second kappa shape index (κ2) is 8.93. The normalized spacial score (nSPS) is 15.7. The maximum Gasteiger partial charge on any atom is 0.241 e. The molecule has 1 saturated carbocycles. The van der Waals surface area contributed by atoms with Crippen LogP contribution in [0.4, 0.5) is 0 Å². The number of hydrogen-bond donors (Lipinski definition) is 2. The highest BCUT2D eigenvalue weighted by molar-refractivity contribution is 7.89. The fourth-order valence-electron chi connectivity index (χ4n) is 3.58. The zero-order valence-electron chi connectivity index (χ0n) is 18.3. The molecule has 1 aromatic carbocycles. The van der Waals surface area contributed by atoms with Gasteiger partial charge >= 0.3 is 0 Å². The monoisotopic (exact) mass is 409 g/mol. The summed E-state index contributed by atoms with van der Waals surface area (Å²) in [5, 5.41) is 2.91. The number of nitrogens with one attached hydrogen (secondary N) is 2. The van der Waals surface area contributed by atoms with E-state index in [0.717, 1.165) is 27.8 Å². The van der Waals surface area contributed by atoms with Crippen LogP contribution in [0.15, 0.2) is 4.90 Å². The number of nitrogens with zero attached hydrogens (tertiary/aromatic N) is 1. The molecular formula is C21H35N3O3S. The molecule has 7 heteroatoms. The second-order valence-corrected chi connectivity index (χ2v) is 9.86. The molecule has 2 N–H and O–H groups in total. The lowest BCUT2D eigenvalue weighted by Gasteiger charge is -2.24. The van der Waals surface area contributed by atoms with Gasteiger partial charge in [0.2, 0.25) is 15.9 Å². The Morgan fingerprint density at radius 3 is 2.04 bits per heavy atom. The van der Waals surface area contributed by atoms with Crippen LogP contribution in [0.5, 0.6) is 0 Å². The molecule has 1 atom stereocenters. The summed E-state index contributed by atoms with van der Waals surface area (Å²) in [7, 11) is -1.58. The molecule has 1 aliphatic rings. The topological polar surface area (TPSA) is 78.5 Å². The Morgan fingerprint density at radius 2 is 1.54 bits per heavy atom. The molecule has 0 saturated heterocycles. The largest absolute Gasteiger partial charge is 0.355 e. The van der Waals surface area contributed by atoms with Crippen LogP contribution in [0.2, 0.25) is 0 Å². The van der Waals surface area contributed by atoms with Crippen LogP contribution >= 0.6 is 0 Å². The fourth-order valence-corrected chi connectivity index (χ4v) is 5.20. The Bertz CT molecular complexity index is 816. The SMILES string of the molecule is Cc1c(C)c(C)c(S(=O)(=O)NCCC(=O)NCC(C)N(C)C2CC2)c(C)c1C. The third-order valence-electron chi connectivity index (χ3n) is 6.26. The van der Waals surface area contributed by atoms with Gasteiger partial charge in [0.1, 0.15) is 0 Å². The molecule has 0 aliphatic heterocycles. The van der Waals surface area contributed by atoms with Crippen LogP contribution < -0.4 is 10.0 Å². The third kappa shape index (κ3) is 5.13. The molecular weight excluding hydrogens is 374 g/mol. The van der Waals surface area contributed by atoms with E-state index in [1.807, 2.05) is 34.6 Å². The van der Waals surface area contributed by atoms with E-state index in [4.69, 9.17) is 0 Å². The molecule has 0 spiro atoms. The molecule has 0 bridgehead atoms. The van der Waals surface area contributed by atoms with E-state index < -0.39 is 10.0 Å². The lowest BCUT2D eigenvalue weighted by molar-refractivity contribution is -0.121. The highest BCUT2D eigenvalue weighted by atomic mass is 32.2. The first-order valence-corrected chi connectivity index (χ1v) is 11.5. The van der Waals surface area contributed by atoms with Gasteiger partial charge in [0.15, 0.2) is 0 Å². The molecule has 1 unspecified atom stereocenters. The van der Waals surface area contributed by atoms with Gasteiger partial charge in [0, 0.05) is 31.6 Å². The van der Waals surface area contributed by atoms with Crippen molar-refractivity contribution in [2.75, 3.05) is 20.1 Å². The third-order valence-corrected chi connectivity index (χ3v) is 7.99. The van der Waals surface area contributed by atoms with Crippen LogP contribution in [0, 0.1) is 34.6 Å². The lowest BCUT2D eigenvalue weighted by atomic mass is 9.95. The van der Waals surface area contributed by atoms with Gasteiger partial charge in [0.25, 0.3) is 0 Å². The Balaban J connectivity index is 1.92. The number of benzene rings is 1. The van der Waals surface area contributed by atoms with Gasteiger partial charge in [-0.25, -0.2) is 13.1 Å². The first-order chi connectivity index (χ1) is 13.0. The van der Waals surface area contributed by atoms with Crippen molar-refractivity contribution in [2.45, 2.75) is 77.8 Å². The van der Waals surface area contributed by atoms with Gasteiger partial charge in [-0.15, -0.1) is 0 Å². The van der Waals surface area contributed by atoms with Crippen LogP contribution in [0.25, 0.3) is 0 Å². The average Bonchev–Trinajstić information content (AvgIpc) is 3.47. The Hall–Kier alpha value is -1.44. The van der Waals surface area contributed by atoms with E-state index in [9.17, 15) is 13.2 Å². The first-order valence-electron chi connectivity index (χ1n) is 10.0. The number of carbonyl (C=O) groups excluding carboxylic acids is 1. The van der Waals surface area contributed by atoms with Crippen molar-refractivity contribution in [2.24, 2.45) is 0 Å². The van der Waals surface area contributed by atoms with E-state index in [2.05, 4.69) is 28.9 Å². The molecule has 1 amide bonds. The quantitative estimate of drug-likeness (QED) is 0.657. The number of carbonyl (C=O) groups is 1. The van der Waals surface area contributed by atoms with E-state index in [1.54, 1.807) is 0 Å². The van der Waals surface area contributed by atoms with E-state index in [-0.39, 0.29) is 24.9 Å². The minimum atomic E-state index is -3.66. The maximum atomic E-state index is 12.9. The van der Waals surface area contributed by atoms with Crippen LogP contribution in [-0.4, -0.2) is 51.4 Å². The number of hydrogen-bond acceptors (Lipinski definition) is 4. The molecule has 6 nitrogen and oxygen atoms in total. The molecule has 1 aromatic rings. The zero-order valence-corrected chi connectivity index (χ0v) is 19.1. The minimum absolute atomic E-state index is 0.0892. The predicted octanol–water partition coefficient (Wildman–Crippen LogP) is 2.50. The molecule has 0 heterocycles. The van der Waals surface area contributed by atoms with Gasteiger partial charge < -0.3 is 5.32 Å². The van der Waals surface area contributed by atoms with Gasteiger partial charge in [-0.05, 0) is 89.2 Å². The van der Waals surface area contributed by atoms with Gasteiger partial charge in [-0.1, -0.05) is 0 Å². The van der Waals surface area contributed by atoms with Gasteiger partial charge in [-0.3, -0.25) is 9.69 Å². The molecule has 2 rings (SSSR count). The number of amides is 1. The van der Waals surface area contributed by atoms with Gasteiger partial charge in [-0.2, -0.15) is 0 Å². The van der Waals surface area contributed by atoms with Crippen LogP contribution in [-0.2, 0) is 14.8 Å². The Kier molecular flexibility index (Phi) is 7.28. The standard InChI is InChI=1S/C21H35N3O3S/c1-13(24(7)19-8-9-19)12-22-20(25)10-11-23-28(26,27)21-17(5)15(3)14(2)16(4)18(21)6/h13,19,23H,8-12H2,1-7H3,(H,22,25). The zero-order chi connectivity index (χ0) is 21.2. The summed E-state index contributed by atoms with van der Waals surface area (Å²) < 4.78 is 28.3. The highest BCUT2D eigenvalue weighted by Crippen LogP contribution is 2.29. The van der Waals surface area contributed by atoms with Crippen LogP contribution in [0.3, 0.4) is 0 Å². The summed E-state index contributed by atoms with van der Waals surface area (Å²) in [6.07, 6.45) is 2.59. The summed E-state index contributed by atoms with van der Waals surface area (Å²) in [6, 6.07) is 0.920. The van der Waals surface area contributed by atoms with Crippen LogP contribution in [0.1, 0.15) is 54.0 Å². The maximum absolute atomic E-state index is 12.9. The van der Waals surface area contributed by atoms with E-state index in [1.165, 1.54) is 12.8 Å². The Labute approximate surface area is 170 Å². The predicted molar refractivity (Wildman–Crippen MR) is 113 cm³/mol. The number of sulfonamides is 1. The van der Waals surface area contributed by atoms with Crippen molar-refractivity contribution in [3.63, 3.8) is 0 Å². The summed E-state index contributed by atoms with van der Waals surface area (Å²) in [6.45, 7) is 12.4. The van der Waals surface area contributed by atoms with Gasteiger partial charge in [0.05, 0.1) is 4.90 Å². The van der Waals surface area contributed by atoms with Crippen molar-refractivity contribution in [3.8, 4) is 0 Å². The molecule has 158 valence electrons. The molecule has 0 aromatic heterocycles. The summed E-state index contributed by atoms with van der Waals surface area (Å²) in [4.78, 5) is 14.7. The highest BCUT2D eigenvalue weighted by Gasteiger charge is 2.29. The first kappa shape index (κ1) is 22.8. The van der Waals surface area contributed by atoms with Crippen molar-refractivity contribution in [1.29, 1.82) is 0 Å². The van der Waals surface area contributed by atoms with E-state index in [0.29, 0.717) is 17.5 Å². The smallest absolute Gasteiger partial charge is 0.241 e. The number of likely N-dealkylation sites (N-methyl/N-ethyl adjacent to an activating group) is 1. The summed E-state index contributed by atoms with van der Waals surface area (Å²) in [5.41, 5.74) is 4.66. The molecule has 28 heavy (non-hydrogen) atoms. The average molecular weight is 410 g/mol. The fraction of sp³-hybridized carbons (Fsp3) is 0.667. The molecule has 1 aliphatic carbocycles. The van der Waals surface area contributed by atoms with Crippen molar-refractivity contribution < 1.29 is 13.2 Å². The second-order valence-electron chi connectivity index (χ2n) is 8.15. The van der Waals surface area contributed by atoms with Crippen molar-refractivity contribution in [3.05, 3.63) is 27.8 Å². The summed E-state index contributed by atoms with van der Waals surface area (Å²) >= 11 is 0. The minimum Gasteiger partial charge on any atom is -0.355 e. The Morgan fingerprint density at radius 1 is 1.04 bits per heavy atom. The van der Waals surface area contributed by atoms with Crippen molar-refractivity contribution >= 4 is 15.9 Å². The summed E-state index contributed by atoms with van der Waals surface area (Å²) in [5.74, 6) is -0.136. The molecule has 0 radical (unpaired) electrons. The lowest BCUT2D eigenvalue weighted by Crippen LogP contribution is -2.41.